The van der Waals surface area contributed by atoms with Gasteiger partial charge in [-0.05, 0) is 26.7 Å². The number of aryl methyl sites for hydroxylation is 2. The van der Waals surface area contributed by atoms with Gasteiger partial charge in [0.2, 0.25) is 5.95 Å². The molecular formula is C15H23N5. The maximum Gasteiger partial charge on any atom is 0.203 e. The Labute approximate surface area is 119 Å². The Hall–Kier alpha value is -1.78. The summed E-state index contributed by atoms with van der Waals surface area (Å²) in [6.07, 6.45) is 10.7. The van der Waals surface area contributed by atoms with E-state index < -0.39 is 0 Å². The Morgan fingerprint density at radius 3 is 2.80 bits per heavy atom. The summed E-state index contributed by atoms with van der Waals surface area (Å²) in [4.78, 5) is 4.64. The molecule has 3 rings (SSSR count). The highest BCUT2D eigenvalue weighted by molar-refractivity contribution is 5.32. The van der Waals surface area contributed by atoms with Crippen molar-refractivity contribution in [2.24, 2.45) is 0 Å². The second-order valence-corrected chi connectivity index (χ2v) is 5.78. The SMILES string of the molecule is Cc1cn(C2CCCCC2)c(NCc2cn[nH]c2C)n1. The van der Waals surface area contributed by atoms with Crippen molar-refractivity contribution in [3.8, 4) is 0 Å². The summed E-state index contributed by atoms with van der Waals surface area (Å²) < 4.78 is 2.34. The van der Waals surface area contributed by atoms with Crippen molar-refractivity contribution in [1.82, 2.24) is 19.7 Å². The molecule has 0 aliphatic heterocycles. The van der Waals surface area contributed by atoms with Crippen LogP contribution in [0.2, 0.25) is 0 Å². The minimum absolute atomic E-state index is 0.609. The summed E-state index contributed by atoms with van der Waals surface area (Å²) in [5.41, 5.74) is 3.40. The fraction of sp³-hybridized carbons (Fsp3) is 0.600. The van der Waals surface area contributed by atoms with Crippen LogP contribution in [0.4, 0.5) is 5.95 Å². The van der Waals surface area contributed by atoms with E-state index in [1.807, 2.05) is 13.1 Å². The smallest absolute Gasteiger partial charge is 0.203 e. The lowest BCUT2D eigenvalue weighted by Crippen LogP contribution is -2.15. The first kappa shape index (κ1) is 13.2. The van der Waals surface area contributed by atoms with Crippen LogP contribution in [0.25, 0.3) is 0 Å². The van der Waals surface area contributed by atoms with Crippen molar-refractivity contribution in [3.05, 3.63) is 29.3 Å². The predicted molar refractivity (Wildman–Crippen MR) is 79.7 cm³/mol. The Morgan fingerprint density at radius 2 is 2.10 bits per heavy atom. The number of hydrogen-bond donors (Lipinski definition) is 2. The van der Waals surface area contributed by atoms with Gasteiger partial charge in [0, 0.05) is 30.0 Å². The maximum absolute atomic E-state index is 4.64. The van der Waals surface area contributed by atoms with E-state index >= 15 is 0 Å². The van der Waals surface area contributed by atoms with E-state index in [9.17, 15) is 0 Å². The second kappa shape index (κ2) is 5.69. The lowest BCUT2D eigenvalue weighted by molar-refractivity contribution is 0.355. The van der Waals surface area contributed by atoms with E-state index in [0.29, 0.717) is 6.04 Å². The molecule has 20 heavy (non-hydrogen) atoms. The Bertz CT molecular complexity index is 563. The molecule has 2 aromatic heterocycles. The Kier molecular flexibility index (Phi) is 3.76. The van der Waals surface area contributed by atoms with Gasteiger partial charge >= 0.3 is 0 Å². The third kappa shape index (κ3) is 2.71. The molecule has 0 radical (unpaired) electrons. The van der Waals surface area contributed by atoms with Crippen LogP contribution >= 0.6 is 0 Å². The van der Waals surface area contributed by atoms with Gasteiger partial charge in [0.15, 0.2) is 0 Å². The van der Waals surface area contributed by atoms with Crippen molar-refractivity contribution in [1.29, 1.82) is 0 Å². The summed E-state index contributed by atoms with van der Waals surface area (Å²) in [6, 6.07) is 0.609. The van der Waals surface area contributed by atoms with Gasteiger partial charge in [-0.2, -0.15) is 5.10 Å². The third-order valence-electron chi connectivity index (χ3n) is 4.19. The number of H-pyrrole nitrogens is 1. The van der Waals surface area contributed by atoms with Gasteiger partial charge in [0.1, 0.15) is 0 Å². The van der Waals surface area contributed by atoms with E-state index in [4.69, 9.17) is 0 Å². The first-order chi connectivity index (χ1) is 9.74. The molecule has 0 unspecified atom stereocenters. The van der Waals surface area contributed by atoms with Crippen LogP contribution in [0.3, 0.4) is 0 Å². The molecule has 2 heterocycles. The molecule has 0 spiro atoms. The Balaban J connectivity index is 1.74. The van der Waals surface area contributed by atoms with Gasteiger partial charge < -0.3 is 9.88 Å². The summed E-state index contributed by atoms with van der Waals surface area (Å²) in [6.45, 7) is 4.88. The van der Waals surface area contributed by atoms with Crippen LogP contribution in [0.5, 0.6) is 0 Å². The monoisotopic (exact) mass is 273 g/mol. The van der Waals surface area contributed by atoms with Gasteiger partial charge in [-0.3, -0.25) is 5.10 Å². The molecule has 1 aliphatic rings. The summed E-state index contributed by atoms with van der Waals surface area (Å²) in [5, 5.41) is 10.5. The average Bonchev–Trinajstić information content (AvgIpc) is 3.03. The molecule has 0 bridgehead atoms. The number of imidazole rings is 1. The molecule has 1 saturated carbocycles. The van der Waals surface area contributed by atoms with E-state index in [0.717, 1.165) is 23.9 Å². The quantitative estimate of drug-likeness (QED) is 0.898. The van der Waals surface area contributed by atoms with Crippen LogP contribution < -0.4 is 5.32 Å². The highest BCUT2D eigenvalue weighted by atomic mass is 15.2. The van der Waals surface area contributed by atoms with E-state index in [1.54, 1.807) is 0 Å². The van der Waals surface area contributed by atoms with Gasteiger partial charge in [-0.25, -0.2) is 4.98 Å². The molecule has 5 nitrogen and oxygen atoms in total. The van der Waals surface area contributed by atoms with Crippen LogP contribution in [0.15, 0.2) is 12.4 Å². The van der Waals surface area contributed by atoms with E-state index in [-0.39, 0.29) is 0 Å². The first-order valence-electron chi connectivity index (χ1n) is 7.52. The predicted octanol–water partition coefficient (Wildman–Crippen LogP) is 3.34. The second-order valence-electron chi connectivity index (χ2n) is 5.78. The first-order valence-corrected chi connectivity index (χ1v) is 7.52. The molecule has 0 amide bonds. The molecule has 2 aromatic rings. The maximum atomic E-state index is 4.64. The summed E-state index contributed by atoms with van der Waals surface area (Å²) >= 11 is 0. The molecule has 1 fully saturated rings. The summed E-state index contributed by atoms with van der Waals surface area (Å²) in [7, 11) is 0. The standard InChI is InChI=1S/C15H23N5/c1-11-10-20(14-6-4-3-5-7-14)15(18-11)16-8-13-9-17-19-12(13)2/h9-10,14H,3-8H2,1-2H3,(H,16,18)(H,17,19). The number of hydrogen-bond acceptors (Lipinski definition) is 3. The van der Waals surface area contributed by atoms with Crippen molar-refractivity contribution in [2.75, 3.05) is 5.32 Å². The number of nitrogens with one attached hydrogen (secondary N) is 2. The lowest BCUT2D eigenvalue weighted by atomic mass is 9.95. The number of rotatable bonds is 4. The highest BCUT2D eigenvalue weighted by Gasteiger charge is 2.18. The fourth-order valence-corrected chi connectivity index (χ4v) is 3.01. The number of nitrogens with zero attached hydrogens (tertiary/aromatic N) is 3. The van der Waals surface area contributed by atoms with E-state index in [1.165, 1.54) is 37.7 Å². The van der Waals surface area contributed by atoms with Gasteiger partial charge in [-0.1, -0.05) is 19.3 Å². The fourth-order valence-electron chi connectivity index (χ4n) is 3.01. The van der Waals surface area contributed by atoms with E-state index in [2.05, 4.69) is 38.2 Å². The Morgan fingerprint density at radius 1 is 1.30 bits per heavy atom. The summed E-state index contributed by atoms with van der Waals surface area (Å²) in [5.74, 6) is 0.995. The highest BCUT2D eigenvalue weighted by Crippen LogP contribution is 2.30. The van der Waals surface area contributed by atoms with Gasteiger partial charge in [0.05, 0.1) is 11.9 Å². The van der Waals surface area contributed by atoms with Crippen molar-refractivity contribution in [3.63, 3.8) is 0 Å². The number of aromatic nitrogens is 4. The molecule has 108 valence electrons. The average molecular weight is 273 g/mol. The number of aromatic amines is 1. The van der Waals surface area contributed by atoms with Gasteiger partial charge in [0.25, 0.3) is 0 Å². The zero-order chi connectivity index (χ0) is 13.9. The zero-order valence-corrected chi connectivity index (χ0v) is 12.3. The number of anilines is 1. The van der Waals surface area contributed by atoms with Gasteiger partial charge in [-0.15, -0.1) is 0 Å². The minimum Gasteiger partial charge on any atom is -0.351 e. The molecule has 2 N–H and O–H groups in total. The molecule has 1 aliphatic carbocycles. The van der Waals surface area contributed by atoms with Crippen LogP contribution in [-0.4, -0.2) is 19.7 Å². The largest absolute Gasteiger partial charge is 0.351 e. The van der Waals surface area contributed by atoms with Crippen molar-refractivity contribution >= 4 is 5.95 Å². The van der Waals surface area contributed by atoms with Crippen molar-refractivity contribution < 1.29 is 0 Å². The molecule has 0 saturated heterocycles. The van der Waals surface area contributed by atoms with Crippen LogP contribution in [0, 0.1) is 13.8 Å². The van der Waals surface area contributed by atoms with Crippen LogP contribution in [-0.2, 0) is 6.54 Å². The normalized spacial score (nSPS) is 16.5. The zero-order valence-electron chi connectivity index (χ0n) is 12.3. The molecular weight excluding hydrogens is 250 g/mol. The topological polar surface area (TPSA) is 58.5 Å². The van der Waals surface area contributed by atoms with Crippen molar-refractivity contribution in [2.45, 2.75) is 58.5 Å². The lowest BCUT2D eigenvalue weighted by Gasteiger charge is -2.24. The van der Waals surface area contributed by atoms with Crippen LogP contribution in [0.1, 0.15) is 55.1 Å². The molecule has 0 aromatic carbocycles. The molecule has 5 heteroatoms. The third-order valence-corrected chi connectivity index (χ3v) is 4.19. The minimum atomic E-state index is 0.609. The molecule has 0 atom stereocenters.